The molecule has 136 valence electrons. The van der Waals surface area contributed by atoms with Gasteiger partial charge in [-0.25, -0.2) is 0 Å². The molecule has 4 aliphatic rings. The average Bonchev–Trinajstić information content (AvgIpc) is 2.78. The highest BCUT2D eigenvalue weighted by atomic mass is 16.6. The van der Waals surface area contributed by atoms with Crippen LogP contribution in [-0.2, 0) is 9.53 Å². The van der Waals surface area contributed by atoms with Crippen molar-refractivity contribution >= 4 is 5.97 Å². The molecule has 0 amide bonds. The number of carbonyl (C=O) groups is 1. The van der Waals surface area contributed by atoms with Gasteiger partial charge in [-0.1, -0.05) is 26.7 Å². The van der Waals surface area contributed by atoms with E-state index in [1.165, 1.54) is 51.9 Å². The second-order valence-corrected chi connectivity index (χ2v) is 9.78. The van der Waals surface area contributed by atoms with Crippen LogP contribution in [0.1, 0.15) is 78.6 Å². The van der Waals surface area contributed by atoms with Crippen LogP contribution in [0.25, 0.3) is 0 Å². The summed E-state index contributed by atoms with van der Waals surface area (Å²) in [6.07, 6.45) is 10.8. The molecule has 0 aromatic carbocycles. The van der Waals surface area contributed by atoms with Gasteiger partial charge in [-0.15, -0.1) is 0 Å². The first-order chi connectivity index (χ1) is 11.4. The molecule has 0 bridgehead atoms. The first-order valence-electron chi connectivity index (χ1n) is 10.2. The highest BCUT2D eigenvalue weighted by molar-refractivity contribution is 5.66. The van der Waals surface area contributed by atoms with Crippen LogP contribution in [0.4, 0.5) is 0 Å². The zero-order chi connectivity index (χ0) is 17.1. The van der Waals surface area contributed by atoms with Crippen molar-refractivity contribution in [3.8, 4) is 0 Å². The predicted molar refractivity (Wildman–Crippen MR) is 93.3 cm³/mol. The van der Waals surface area contributed by atoms with E-state index in [0.29, 0.717) is 11.3 Å². The monoisotopic (exact) mass is 334 g/mol. The molecule has 4 rings (SSSR count). The summed E-state index contributed by atoms with van der Waals surface area (Å²) in [6, 6.07) is 0. The molecule has 4 saturated carbocycles. The van der Waals surface area contributed by atoms with Crippen LogP contribution >= 0.6 is 0 Å². The van der Waals surface area contributed by atoms with Crippen LogP contribution < -0.4 is 0 Å². The minimum absolute atomic E-state index is 0.0564. The number of hydrogen-bond acceptors (Lipinski definition) is 3. The van der Waals surface area contributed by atoms with Gasteiger partial charge in [0.25, 0.3) is 0 Å². The summed E-state index contributed by atoms with van der Waals surface area (Å²) in [4.78, 5) is 11.4. The number of ether oxygens (including phenoxy) is 1. The molecule has 4 aliphatic carbocycles. The van der Waals surface area contributed by atoms with E-state index in [4.69, 9.17) is 4.74 Å². The lowest BCUT2D eigenvalue weighted by Gasteiger charge is -2.60. The Labute approximate surface area is 146 Å². The number of carbonyl (C=O) groups excluding carboxylic acids is 1. The summed E-state index contributed by atoms with van der Waals surface area (Å²) in [5.41, 5.74) is 0.464. The summed E-state index contributed by atoms with van der Waals surface area (Å²) >= 11 is 0. The molecular weight excluding hydrogens is 300 g/mol. The maximum atomic E-state index is 11.4. The van der Waals surface area contributed by atoms with E-state index in [1.807, 2.05) is 0 Å². The number of aliphatic hydroxyl groups is 1. The molecule has 0 unspecified atom stereocenters. The first-order valence-corrected chi connectivity index (χ1v) is 10.2. The minimum atomic E-state index is -0.482. The van der Waals surface area contributed by atoms with E-state index in [-0.39, 0.29) is 17.5 Å². The van der Waals surface area contributed by atoms with Crippen molar-refractivity contribution < 1.29 is 14.6 Å². The lowest BCUT2D eigenvalue weighted by Crippen LogP contribution is -2.53. The van der Waals surface area contributed by atoms with Gasteiger partial charge in [0.15, 0.2) is 0 Å². The molecule has 0 heterocycles. The number of hydrogen-bond donors (Lipinski definition) is 1. The van der Waals surface area contributed by atoms with Gasteiger partial charge in [-0.2, -0.15) is 0 Å². The van der Waals surface area contributed by atoms with Gasteiger partial charge in [-0.3, -0.25) is 4.79 Å². The second-order valence-electron chi connectivity index (χ2n) is 9.78. The van der Waals surface area contributed by atoms with Crippen LogP contribution in [0, 0.1) is 34.5 Å². The number of fused-ring (bicyclic) bond motifs is 5. The Balaban J connectivity index is 1.60. The molecule has 3 heteroatoms. The SMILES string of the molecule is CC(=O)O[C@@H]1C[C@@H]2[C@@H]3CC[C@H]4CCCC[C@]4(C)[C@H]3CC[C@]2(C)[C@@H]1O. The fraction of sp³-hybridized carbons (Fsp3) is 0.952. The zero-order valence-corrected chi connectivity index (χ0v) is 15.6. The van der Waals surface area contributed by atoms with Gasteiger partial charge in [0, 0.05) is 12.3 Å². The summed E-state index contributed by atoms with van der Waals surface area (Å²) in [5.74, 6) is 2.74. The zero-order valence-electron chi connectivity index (χ0n) is 15.6. The van der Waals surface area contributed by atoms with Gasteiger partial charge in [-0.05, 0) is 74.0 Å². The highest BCUT2D eigenvalue weighted by Gasteiger charge is 2.62. The Morgan fingerprint density at radius 1 is 1.00 bits per heavy atom. The molecular formula is C21H34O3. The third-order valence-corrected chi connectivity index (χ3v) is 8.85. The van der Waals surface area contributed by atoms with Crippen LogP contribution in [0.2, 0.25) is 0 Å². The minimum Gasteiger partial charge on any atom is -0.460 e. The van der Waals surface area contributed by atoms with Crippen LogP contribution in [0.3, 0.4) is 0 Å². The predicted octanol–water partition coefficient (Wildman–Crippen LogP) is 4.32. The number of esters is 1. The quantitative estimate of drug-likeness (QED) is 0.726. The van der Waals surface area contributed by atoms with Gasteiger partial charge < -0.3 is 9.84 Å². The van der Waals surface area contributed by atoms with E-state index in [9.17, 15) is 9.90 Å². The largest absolute Gasteiger partial charge is 0.460 e. The lowest BCUT2D eigenvalue weighted by atomic mass is 9.45. The molecule has 0 spiro atoms. The molecule has 0 saturated heterocycles. The van der Waals surface area contributed by atoms with E-state index in [1.54, 1.807) is 0 Å². The Morgan fingerprint density at radius 2 is 1.79 bits per heavy atom. The van der Waals surface area contributed by atoms with Crippen LogP contribution in [0.5, 0.6) is 0 Å². The molecule has 4 fully saturated rings. The topological polar surface area (TPSA) is 46.5 Å². The van der Waals surface area contributed by atoms with Crippen molar-refractivity contribution in [3.05, 3.63) is 0 Å². The molecule has 0 aromatic heterocycles. The first kappa shape index (κ1) is 16.9. The second kappa shape index (κ2) is 5.72. The normalized spacial score (nSPS) is 53.7. The Hall–Kier alpha value is -0.570. The van der Waals surface area contributed by atoms with E-state index in [0.717, 1.165) is 30.6 Å². The summed E-state index contributed by atoms with van der Waals surface area (Å²) in [5, 5.41) is 10.9. The summed E-state index contributed by atoms with van der Waals surface area (Å²) in [7, 11) is 0. The molecule has 1 N–H and O–H groups in total. The third-order valence-electron chi connectivity index (χ3n) is 8.85. The smallest absolute Gasteiger partial charge is 0.302 e. The number of rotatable bonds is 1. The fourth-order valence-corrected chi connectivity index (χ4v) is 7.58. The van der Waals surface area contributed by atoms with Crippen molar-refractivity contribution in [1.29, 1.82) is 0 Å². The van der Waals surface area contributed by atoms with Gasteiger partial charge in [0.05, 0.1) is 6.10 Å². The highest BCUT2D eigenvalue weighted by Crippen LogP contribution is 2.66. The van der Waals surface area contributed by atoms with Crippen LogP contribution in [0.15, 0.2) is 0 Å². The molecule has 0 radical (unpaired) electrons. The molecule has 24 heavy (non-hydrogen) atoms. The molecule has 3 nitrogen and oxygen atoms in total. The van der Waals surface area contributed by atoms with E-state index < -0.39 is 6.10 Å². The van der Waals surface area contributed by atoms with Crippen molar-refractivity contribution in [2.24, 2.45) is 34.5 Å². The van der Waals surface area contributed by atoms with Crippen molar-refractivity contribution in [1.82, 2.24) is 0 Å². The molecule has 0 aliphatic heterocycles. The fourth-order valence-electron chi connectivity index (χ4n) is 7.58. The van der Waals surface area contributed by atoms with E-state index in [2.05, 4.69) is 13.8 Å². The molecule has 0 aromatic rings. The standard InChI is InChI=1S/C21H34O3/c1-13(22)24-18-12-17-15-8-7-14-6-4-5-10-20(14,2)16(15)9-11-21(17,3)19(18)23/h14-19,23H,4-12H2,1-3H3/t14-,15-,16+,17-,18-,19-,20+,21+/m1/s1. The van der Waals surface area contributed by atoms with Crippen LogP contribution in [-0.4, -0.2) is 23.3 Å². The summed E-state index contributed by atoms with van der Waals surface area (Å²) in [6.45, 7) is 6.30. The average molecular weight is 335 g/mol. The van der Waals surface area contributed by atoms with E-state index >= 15 is 0 Å². The third kappa shape index (κ3) is 2.29. The maximum Gasteiger partial charge on any atom is 0.302 e. The summed E-state index contributed by atoms with van der Waals surface area (Å²) < 4.78 is 5.50. The van der Waals surface area contributed by atoms with Gasteiger partial charge in [0.1, 0.15) is 6.10 Å². The maximum absolute atomic E-state index is 11.4. The van der Waals surface area contributed by atoms with Crippen molar-refractivity contribution in [2.75, 3.05) is 0 Å². The lowest BCUT2D eigenvalue weighted by molar-refractivity contribution is -0.154. The van der Waals surface area contributed by atoms with Crippen molar-refractivity contribution in [3.63, 3.8) is 0 Å². The molecule has 8 atom stereocenters. The van der Waals surface area contributed by atoms with Gasteiger partial charge >= 0.3 is 5.97 Å². The Kier molecular flexibility index (Phi) is 4.02. The number of aliphatic hydroxyl groups excluding tert-OH is 1. The Morgan fingerprint density at radius 3 is 2.54 bits per heavy atom. The Bertz CT molecular complexity index is 517. The van der Waals surface area contributed by atoms with Crippen molar-refractivity contribution in [2.45, 2.75) is 90.8 Å². The van der Waals surface area contributed by atoms with Gasteiger partial charge in [0.2, 0.25) is 0 Å².